The van der Waals surface area contributed by atoms with Crippen LogP contribution in [0.2, 0.25) is 0 Å². The summed E-state index contributed by atoms with van der Waals surface area (Å²) in [7, 11) is 3.06. The van der Waals surface area contributed by atoms with Gasteiger partial charge in [-0.2, -0.15) is 5.26 Å². The summed E-state index contributed by atoms with van der Waals surface area (Å²) >= 11 is 0. The number of methoxy groups -OCH3 is 2. The molecule has 0 saturated carbocycles. The molecule has 7 heteroatoms. The van der Waals surface area contributed by atoms with Crippen LogP contribution in [-0.4, -0.2) is 29.7 Å². The Morgan fingerprint density at radius 3 is 2.07 bits per heavy atom. The molecule has 0 amide bonds. The predicted molar refractivity (Wildman–Crippen MR) is 110 cm³/mol. The van der Waals surface area contributed by atoms with E-state index in [2.05, 4.69) is 0 Å². The third kappa shape index (κ3) is 3.76. The lowest BCUT2D eigenvalue weighted by Crippen LogP contribution is -2.27. The number of carbonyl (C=O) groups is 1. The highest BCUT2D eigenvalue weighted by atomic mass is 16.5. The molecule has 2 aromatic carbocycles. The van der Waals surface area contributed by atoms with Crippen LogP contribution in [0.4, 0.5) is 0 Å². The molecule has 0 unspecified atom stereocenters. The average molecular weight is 404 g/mol. The van der Waals surface area contributed by atoms with Crippen molar-refractivity contribution in [1.29, 1.82) is 5.26 Å². The average Bonchev–Trinajstić information content (AvgIpc) is 2.77. The van der Waals surface area contributed by atoms with Gasteiger partial charge in [-0.15, -0.1) is 0 Å². The van der Waals surface area contributed by atoms with E-state index in [0.29, 0.717) is 22.6 Å². The summed E-state index contributed by atoms with van der Waals surface area (Å²) in [6, 6.07) is 15.2. The number of aromatic hydroxyl groups is 1. The number of pyridine rings is 1. The van der Waals surface area contributed by atoms with E-state index < -0.39 is 17.2 Å². The first kappa shape index (κ1) is 20.7. The lowest BCUT2D eigenvalue weighted by molar-refractivity contribution is 0.103. The van der Waals surface area contributed by atoms with E-state index in [1.165, 1.54) is 14.0 Å². The second-order valence-electron chi connectivity index (χ2n) is 6.61. The molecule has 0 bridgehead atoms. The highest BCUT2D eigenvalue weighted by Crippen LogP contribution is 2.26. The molecule has 152 valence electrons. The van der Waals surface area contributed by atoms with Crippen molar-refractivity contribution in [2.24, 2.45) is 0 Å². The van der Waals surface area contributed by atoms with Crippen molar-refractivity contribution >= 4 is 5.78 Å². The van der Waals surface area contributed by atoms with Crippen molar-refractivity contribution < 1.29 is 19.4 Å². The Bertz CT molecular complexity index is 1190. The number of aromatic nitrogens is 1. The molecule has 0 radical (unpaired) electrons. The SMILES string of the molecule is COc1ccc(Cn2c(O)c(C(=O)c3ccc(OC)cc3)c(C)c(C#N)c2=O)cc1. The van der Waals surface area contributed by atoms with Crippen molar-refractivity contribution in [1.82, 2.24) is 4.57 Å². The first-order valence-corrected chi connectivity index (χ1v) is 9.09. The number of nitrogens with zero attached hydrogens (tertiary/aromatic N) is 2. The van der Waals surface area contributed by atoms with Crippen LogP contribution in [0.15, 0.2) is 53.3 Å². The molecular formula is C23H20N2O5. The summed E-state index contributed by atoms with van der Waals surface area (Å²) in [5, 5.41) is 20.4. The molecule has 7 nitrogen and oxygen atoms in total. The molecule has 0 aliphatic rings. The van der Waals surface area contributed by atoms with E-state index in [1.54, 1.807) is 55.6 Å². The number of rotatable bonds is 6. The number of hydrogen-bond acceptors (Lipinski definition) is 6. The van der Waals surface area contributed by atoms with E-state index >= 15 is 0 Å². The van der Waals surface area contributed by atoms with Crippen LogP contribution in [-0.2, 0) is 6.54 Å². The van der Waals surface area contributed by atoms with Gasteiger partial charge in [0.05, 0.1) is 26.3 Å². The summed E-state index contributed by atoms with van der Waals surface area (Å²) < 4.78 is 11.3. The molecule has 0 aliphatic heterocycles. The second-order valence-corrected chi connectivity index (χ2v) is 6.61. The Kier molecular flexibility index (Phi) is 5.88. The highest BCUT2D eigenvalue weighted by Gasteiger charge is 2.25. The molecule has 0 fully saturated rings. The van der Waals surface area contributed by atoms with Crippen LogP contribution in [0.3, 0.4) is 0 Å². The van der Waals surface area contributed by atoms with Crippen molar-refractivity contribution in [2.45, 2.75) is 13.5 Å². The summed E-state index contributed by atoms with van der Waals surface area (Å²) in [6.45, 7) is 1.47. The highest BCUT2D eigenvalue weighted by molar-refractivity contribution is 6.11. The van der Waals surface area contributed by atoms with Crippen LogP contribution in [0.5, 0.6) is 17.4 Å². The second kappa shape index (κ2) is 8.53. The summed E-state index contributed by atoms with van der Waals surface area (Å²) in [5.41, 5.74) is 0.223. The largest absolute Gasteiger partial charge is 0.497 e. The Balaban J connectivity index is 2.13. The number of carbonyl (C=O) groups excluding carboxylic acids is 1. The van der Waals surface area contributed by atoms with Gasteiger partial charge in [0.2, 0.25) is 5.88 Å². The van der Waals surface area contributed by atoms with Crippen molar-refractivity contribution in [3.05, 3.63) is 86.7 Å². The molecule has 30 heavy (non-hydrogen) atoms. The fraction of sp³-hybridized carbons (Fsp3) is 0.174. The molecule has 1 N–H and O–H groups in total. The Hall–Kier alpha value is -4.05. The monoisotopic (exact) mass is 404 g/mol. The third-order valence-corrected chi connectivity index (χ3v) is 4.88. The molecule has 3 rings (SSSR count). The Labute approximate surface area is 173 Å². The maximum Gasteiger partial charge on any atom is 0.271 e. The van der Waals surface area contributed by atoms with Gasteiger partial charge in [0.15, 0.2) is 5.78 Å². The van der Waals surface area contributed by atoms with Gasteiger partial charge in [-0.3, -0.25) is 14.2 Å². The standard InChI is InChI=1S/C23H20N2O5/c1-14-19(12-24)22(27)25(13-15-4-8-17(29-2)9-5-15)23(28)20(14)21(26)16-6-10-18(30-3)11-7-16/h4-11,28H,13H2,1-3H3. The van der Waals surface area contributed by atoms with Crippen molar-refractivity contribution in [3.63, 3.8) is 0 Å². The van der Waals surface area contributed by atoms with Crippen LogP contribution < -0.4 is 15.0 Å². The van der Waals surface area contributed by atoms with Gasteiger partial charge in [0.25, 0.3) is 5.56 Å². The van der Waals surface area contributed by atoms with Crippen LogP contribution in [0.1, 0.15) is 32.6 Å². The van der Waals surface area contributed by atoms with Gasteiger partial charge < -0.3 is 14.6 Å². The molecule has 1 heterocycles. The van der Waals surface area contributed by atoms with Gasteiger partial charge in [-0.25, -0.2) is 0 Å². The minimum Gasteiger partial charge on any atom is -0.497 e. The molecule has 0 saturated heterocycles. The summed E-state index contributed by atoms with van der Waals surface area (Å²) in [4.78, 5) is 25.9. The fourth-order valence-corrected chi connectivity index (χ4v) is 3.17. The van der Waals surface area contributed by atoms with Gasteiger partial charge in [-0.05, 0) is 54.4 Å². The number of hydrogen-bond donors (Lipinski definition) is 1. The topological polar surface area (TPSA) is 102 Å². The first-order chi connectivity index (χ1) is 14.4. The molecule has 0 aliphatic carbocycles. The van der Waals surface area contributed by atoms with Crippen LogP contribution in [0.25, 0.3) is 0 Å². The van der Waals surface area contributed by atoms with Crippen molar-refractivity contribution in [2.75, 3.05) is 14.2 Å². The fourth-order valence-electron chi connectivity index (χ4n) is 3.17. The van der Waals surface area contributed by atoms with E-state index in [1.807, 2.05) is 6.07 Å². The zero-order chi connectivity index (χ0) is 21.8. The molecular weight excluding hydrogens is 384 g/mol. The smallest absolute Gasteiger partial charge is 0.271 e. The minimum absolute atomic E-state index is 0.00743. The summed E-state index contributed by atoms with van der Waals surface area (Å²) in [6.07, 6.45) is 0. The minimum atomic E-state index is -0.658. The Morgan fingerprint density at radius 1 is 1.03 bits per heavy atom. The van der Waals surface area contributed by atoms with E-state index in [0.717, 1.165) is 4.57 Å². The predicted octanol–water partition coefficient (Wildman–Crippen LogP) is 3.03. The number of benzene rings is 2. The lowest BCUT2D eigenvalue weighted by Gasteiger charge is -2.16. The maximum absolute atomic E-state index is 13.1. The zero-order valence-electron chi connectivity index (χ0n) is 16.8. The quantitative estimate of drug-likeness (QED) is 0.634. The van der Waals surface area contributed by atoms with E-state index in [-0.39, 0.29) is 23.2 Å². The number of nitriles is 1. The normalized spacial score (nSPS) is 10.3. The van der Waals surface area contributed by atoms with E-state index in [4.69, 9.17) is 9.47 Å². The molecule has 0 spiro atoms. The zero-order valence-corrected chi connectivity index (χ0v) is 16.8. The van der Waals surface area contributed by atoms with Crippen LogP contribution in [0, 0.1) is 18.3 Å². The third-order valence-electron chi connectivity index (χ3n) is 4.88. The van der Waals surface area contributed by atoms with Gasteiger partial charge >= 0.3 is 0 Å². The first-order valence-electron chi connectivity index (χ1n) is 9.09. The maximum atomic E-state index is 13.1. The van der Waals surface area contributed by atoms with Gasteiger partial charge in [0, 0.05) is 5.56 Å². The van der Waals surface area contributed by atoms with E-state index in [9.17, 15) is 20.0 Å². The van der Waals surface area contributed by atoms with Crippen molar-refractivity contribution in [3.8, 4) is 23.4 Å². The summed E-state index contributed by atoms with van der Waals surface area (Å²) in [5.74, 6) is 0.253. The molecule has 3 aromatic rings. The van der Waals surface area contributed by atoms with Crippen LogP contribution >= 0.6 is 0 Å². The number of ketones is 1. The lowest BCUT2D eigenvalue weighted by atomic mass is 9.97. The Morgan fingerprint density at radius 2 is 1.57 bits per heavy atom. The number of ether oxygens (including phenoxy) is 2. The molecule has 1 aromatic heterocycles. The van der Waals surface area contributed by atoms with Gasteiger partial charge in [-0.1, -0.05) is 12.1 Å². The molecule has 0 atom stereocenters. The van der Waals surface area contributed by atoms with Gasteiger partial charge in [0.1, 0.15) is 23.1 Å².